The highest BCUT2D eigenvalue weighted by Gasteiger charge is 2.35. The molecule has 0 radical (unpaired) electrons. The van der Waals surface area contributed by atoms with E-state index < -0.39 is 0 Å². The van der Waals surface area contributed by atoms with Crippen molar-refractivity contribution in [1.82, 2.24) is 4.98 Å². The van der Waals surface area contributed by atoms with E-state index in [1.54, 1.807) is 0 Å². The number of para-hydroxylation sites is 2. The third kappa shape index (κ3) is 3.60. The van der Waals surface area contributed by atoms with Crippen molar-refractivity contribution in [3.63, 3.8) is 0 Å². The number of hydrogen-bond acceptors (Lipinski definition) is 4. The smallest absolute Gasteiger partial charge is 0.147 e. The minimum Gasteiger partial charge on any atom is -0.456 e. The van der Waals surface area contributed by atoms with Crippen LogP contribution in [-0.2, 0) is 5.41 Å². The van der Waals surface area contributed by atoms with Crippen LogP contribution in [-0.4, -0.2) is 4.98 Å². The van der Waals surface area contributed by atoms with E-state index in [9.17, 15) is 5.26 Å². The van der Waals surface area contributed by atoms with Gasteiger partial charge in [-0.15, -0.1) is 0 Å². The normalized spacial score (nSPS) is 13.5. The fraction of sp³-hybridized carbons (Fsp3) is 0.0698. The van der Waals surface area contributed by atoms with E-state index in [4.69, 9.17) is 13.8 Å². The van der Waals surface area contributed by atoms with Crippen molar-refractivity contribution in [2.45, 2.75) is 19.3 Å². The van der Waals surface area contributed by atoms with E-state index in [0.29, 0.717) is 5.56 Å². The van der Waals surface area contributed by atoms with Crippen molar-refractivity contribution in [2.24, 2.45) is 0 Å². The summed E-state index contributed by atoms with van der Waals surface area (Å²) in [6.07, 6.45) is 0. The molecular weight excluding hydrogens is 576 g/mol. The van der Waals surface area contributed by atoms with Crippen LogP contribution in [0, 0.1) is 11.3 Å². The van der Waals surface area contributed by atoms with E-state index in [0.717, 1.165) is 77.2 Å². The molecule has 220 valence electrons. The lowest BCUT2D eigenvalue weighted by molar-refractivity contribution is 0.660. The van der Waals surface area contributed by atoms with Gasteiger partial charge in [-0.1, -0.05) is 92.7 Å². The van der Waals surface area contributed by atoms with Crippen molar-refractivity contribution in [3.05, 3.63) is 138 Å². The summed E-state index contributed by atoms with van der Waals surface area (Å²) in [5, 5.41) is 14.6. The lowest BCUT2D eigenvalue weighted by Gasteiger charge is -2.22. The summed E-state index contributed by atoms with van der Waals surface area (Å²) in [5.41, 5.74) is 13.9. The molecule has 0 spiro atoms. The van der Waals surface area contributed by atoms with E-state index >= 15 is 0 Å². The summed E-state index contributed by atoms with van der Waals surface area (Å²) in [4.78, 5) is 5.31. The molecule has 0 saturated carbocycles. The fourth-order valence-corrected chi connectivity index (χ4v) is 7.70. The quantitative estimate of drug-likeness (QED) is 0.197. The molecule has 0 fully saturated rings. The van der Waals surface area contributed by atoms with Gasteiger partial charge in [0.2, 0.25) is 0 Å². The molecule has 0 atom stereocenters. The Morgan fingerprint density at radius 3 is 2.02 bits per heavy atom. The first kappa shape index (κ1) is 26.1. The zero-order valence-corrected chi connectivity index (χ0v) is 25.8. The monoisotopic (exact) mass is 602 g/mol. The second kappa shape index (κ2) is 9.19. The average molecular weight is 603 g/mol. The molecule has 0 amide bonds. The van der Waals surface area contributed by atoms with Gasteiger partial charge >= 0.3 is 0 Å². The third-order valence-corrected chi connectivity index (χ3v) is 10.1. The van der Waals surface area contributed by atoms with Gasteiger partial charge in [0.1, 0.15) is 22.3 Å². The van der Waals surface area contributed by atoms with Crippen LogP contribution in [0.25, 0.3) is 88.3 Å². The molecule has 4 heteroatoms. The zero-order valence-electron chi connectivity index (χ0n) is 25.8. The van der Waals surface area contributed by atoms with Gasteiger partial charge < -0.3 is 8.83 Å². The van der Waals surface area contributed by atoms with Crippen LogP contribution in [0.5, 0.6) is 0 Å². The number of aromatic nitrogens is 1. The SMILES string of the molecule is CC1(C)c2cc(C#N)ccc2-c2ccc(-c3ccc(-c4nc5cc6c(cc5c5oc7ccccc7c45)oc4ccccc46)cc3)cc21. The Balaban J connectivity index is 1.13. The molecule has 10 rings (SSSR count). The molecule has 0 bridgehead atoms. The number of furan rings is 2. The lowest BCUT2D eigenvalue weighted by atomic mass is 9.81. The number of pyridine rings is 1. The summed E-state index contributed by atoms with van der Waals surface area (Å²) in [6, 6.07) is 44.3. The molecule has 47 heavy (non-hydrogen) atoms. The summed E-state index contributed by atoms with van der Waals surface area (Å²) in [7, 11) is 0. The van der Waals surface area contributed by atoms with Gasteiger partial charge in [-0.25, -0.2) is 4.98 Å². The Bertz CT molecular complexity index is 2830. The largest absolute Gasteiger partial charge is 0.456 e. The molecule has 4 nitrogen and oxygen atoms in total. The van der Waals surface area contributed by atoms with Crippen LogP contribution < -0.4 is 0 Å². The van der Waals surface area contributed by atoms with Crippen molar-refractivity contribution >= 4 is 54.8 Å². The molecule has 3 aromatic heterocycles. The average Bonchev–Trinajstić information content (AvgIpc) is 3.75. The Labute approximate surface area is 270 Å². The van der Waals surface area contributed by atoms with E-state index in [-0.39, 0.29) is 5.41 Å². The van der Waals surface area contributed by atoms with Crippen LogP contribution >= 0.6 is 0 Å². The standard InChI is InChI=1S/C43H26N2O2/c1-43(2)34-19-24(23-44)11-17-28(34)29-18-16-27(20-35(29)43)25-12-14-26(15-13-25)41-40-31-8-4-6-10-38(31)47-42(40)33-22-39-32(21-36(33)45-41)30-7-3-5-9-37(30)46-39/h3-22H,1-2H3. The summed E-state index contributed by atoms with van der Waals surface area (Å²) in [5.74, 6) is 0. The van der Waals surface area contributed by atoms with Crippen molar-refractivity contribution in [2.75, 3.05) is 0 Å². The van der Waals surface area contributed by atoms with Crippen molar-refractivity contribution in [1.29, 1.82) is 5.26 Å². The number of nitriles is 1. The highest BCUT2D eigenvalue weighted by atomic mass is 16.3. The summed E-state index contributed by atoms with van der Waals surface area (Å²) < 4.78 is 12.8. The number of hydrogen-bond donors (Lipinski definition) is 0. The predicted octanol–water partition coefficient (Wildman–Crippen LogP) is 11.5. The molecule has 1 aliphatic rings. The van der Waals surface area contributed by atoms with Crippen molar-refractivity contribution < 1.29 is 8.83 Å². The fourth-order valence-electron chi connectivity index (χ4n) is 7.70. The van der Waals surface area contributed by atoms with Gasteiger partial charge in [0.25, 0.3) is 0 Å². The molecule has 0 saturated heterocycles. The van der Waals surface area contributed by atoms with Crippen molar-refractivity contribution in [3.8, 4) is 39.6 Å². The molecule has 3 heterocycles. The number of benzene rings is 6. The molecule has 9 aromatic rings. The molecule has 0 N–H and O–H groups in total. The topological polar surface area (TPSA) is 63.0 Å². The maximum absolute atomic E-state index is 9.51. The Kier molecular flexibility index (Phi) is 5.10. The second-order valence-corrected chi connectivity index (χ2v) is 13.1. The highest BCUT2D eigenvalue weighted by molar-refractivity contribution is 6.21. The van der Waals surface area contributed by atoms with Crippen LogP contribution in [0.15, 0.2) is 130 Å². The van der Waals surface area contributed by atoms with Gasteiger partial charge in [-0.3, -0.25) is 0 Å². The van der Waals surface area contributed by atoms with E-state index in [1.807, 2.05) is 48.5 Å². The van der Waals surface area contributed by atoms with Crippen LogP contribution in [0.1, 0.15) is 30.5 Å². The maximum Gasteiger partial charge on any atom is 0.147 e. The van der Waals surface area contributed by atoms with Crippen LogP contribution in [0.4, 0.5) is 0 Å². The Morgan fingerprint density at radius 1 is 0.574 bits per heavy atom. The Morgan fingerprint density at radius 2 is 1.23 bits per heavy atom. The molecule has 1 aliphatic carbocycles. The van der Waals surface area contributed by atoms with Gasteiger partial charge in [0.15, 0.2) is 0 Å². The van der Waals surface area contributed by atoms with Gasteiger partial charge in [0.05, 0.1) is 28.2 Å². The highest BCUT2D eigenvalue weighted by Crippen LogP contribution is 2.50. The maximum atomic E-state index is 9.51. The number of fused-ring (bicyclic) bond motifs is 11. The summed E-state index contributed by atoms with van der Waals surface area (Å²) in [6.45, 7) is 4.50. The predicted molar refractivity (Wildman–Crippen MR) is 189 cm³/mol. The van der Waals surface area contributed by atoms with E-state index in [2.05, 4.69) is 92.7 Å². The van der Waals surface area contributed by atoms with Gasteiger partial charge in [0, 0.05) is 32.5 Å². The van der Waals surface area contributed by atoms with Crippen LogP contribution in [0.3, 0.4) is 0 Å². The van der Waals surface area contributed by atoms with Crippen LogP contribution in [0.2, 0.25) is 0 Å². The molecular formula is C43H26N2O2. The number of nitrogens with zero attached hydrogens (tertiary/aromatic N) is 2. The van der Waals surface area contributed by atoms with Gasteiger partial charge in [-0.2, -0.15) is 5.26 Å². The first-order valence-corrected chi connectivity index (χ1v) is 15.8. The molecule has 0 unspecified atom stereocenters. The molecule has 6 aromatic carbocycles. The first-order valence-electron chi connectivity index (χ1n) is 15.8. The zero-order chi connectivity index (χ0) is 31.4. The third-order valence-electron chi connectivity index (χ3n) is 10.1. The minimum atomic E-state index is -0.192. The second-order valence-electron chi connectivity index (χ2n) is 13.1. The lowest BCUT2D eigenvalue weighted by Crippen LogP contribution is -2.15. The minimum absolute atomic E-state index is 0.192. The van der Waals surface area contributed by atoms with Gasteiger partial charge in [-0.05, 0) is 75.8 Å². The Hall–Kier alpha value is -6.18. The van der Waals surface area contributed by atoms with E-state index in [1.165, 1.54) is 22.3 Å². The summed E-state index contributed by atoms with van der Waals surface area (Å²) >= 11 is 0. The molecule has 0 aliphatic heterocycles. The number of rotatable bonds is 2. The first-order chi connectivity index (χ1) is 23.0.